The summed E-state index contributed by atoms with van der Waals surface area (Å²) in [6, 6.07) is 7.83. The summed E-state index contributed by atoms with van der Waals surface area (Å²) in [5.41, 5.74) is 7.80. The molecule has 2 N–H and O–H groups in total. The molecule has 3 rings (SSSR count). The Morgan fingerprint density at radius 3 is 2.79 bits per heavy atom. The first-order chi connectivity index (χ1) is 11.0. The van der Waals surface area contributed by atoms with Crippen molar-refractivity contribution in [3.05, 3.63) is 48.0 Å². The third kappa shape index (κ3) is 3.76. The van der Waals surface area contributed by atoms with E-state index in [9.17, 15) is 4.79 Å². The fraction of sp³-hybridized carbons (Fsp3) is 0.471. The van der Waals surface area contributed by atoms with Crippen molar-refractivity contribution in [2.45, 2.75) is 32.9 Å². The average molecular weight is 350 g/mol. The van der Waals surface area contributed by atoms with E-state index in [1.165, 1.54) is 6.33 Å². The molecule has 7 heteroatoms. The van der Waals surface area contributed by atoms with Crippen LogP contribution in [0, 0.1) is 5.41 Å². The molecule has 1 saturated heterocycles. The third-order valence-corrected chi connectivity index (χ3v) is 4.65. The topological polar surface area (TPSA) is 77.0 Å². The van der Waals surface area contributed by atoms with Gasteiger partial charge in [-0.25, -0.2) is 9.67 Å². The van der Waals surface area contributed by atoms with Crippen LogP contribution >= 0.6 is 12.4 Å². The Labute approximate surface area is 148 Å². The van der Waals surface area contributed by atoms with Gasteiger partial charge in [-0.15, -0.1) is 12.4 Å². The summed E-state index contributed by atoms with van der Waals surface area (Å²) in [7, 11) is 0. The van der Waals surface area contributed by atoms with Crippen molar-refractivity contribution < 1.29 is 4.79 Å². The molecule has 24 heavy (non-hydrogen) atoms. The molecule has 1 fully saturated rings. The second-order valence-electron chi connectivity index (χ2n) is 6.86. The van der Waals surface area contributed by atoms with Gasteiger partial charge in [-0.05, 0) is 23.5 Å². The number of aromatic nitrogens is 3. The molecule has 2 aromatic rings. The maximum Gasteiger partial charge on any atom is 0.254 e. The fourth-order valence-corrected chi connectivity index (χ4v) is 3.07. The van der Waals surface area contributed by atoms with Crippen LogP contribution in [0.5, 0.6) is 0 Å². The highest BCUT2D eigenvalue weighted by Crippen LogP contribution is 2.29. The number of nitrogens with two attached hydrogens (primary N) is 1. The largest absolute Gasteiger partial charge is 0.338 e. The summed E-state index contributed by atoms with van der Waals surface area (Å²) in [6.07, 6.45) is 3.99. The Balaban J connectivity index is 0.00000208. The molecule has 6 nitrogen and oxygen atoms in total. The number of halogens is 1. The molecule has 1 aliphatic heterocycles. The minimum Gasteiger partial charge on any atom is -0.338 e. The van der Waals surface area contributed by atoms with Crippen molar-refractivity contribution in [2.75, 3.05) is 13.1 Å². The van der Waals surface area contributed by atoms with Crippen molar-refractivity contribution in [1.29, 1.82) is 0 Å². The molecule has 0 aliphatic carbocycles. The lowest BCUT2D eigenvalue weighted by Crippen LogP contribution is -2.54. The van der Waals surface area contributed by atoms with E-state index in [0.717, 1.165) is 17.5 Å². The zero-order valence-corrected chi connectivity index (χ0v) is 14.9. The van der Waals surface area contributed by atoms with Crippen LogP contribution in [0.1, 0.15) is 36.2 Å². The van der Waals surface area contributed by atoms with Gasteiger partial charge in [-0.3, -0.25) is 4.79 Å². The normalized spacial score (nSPS) is 19.6. The molecular weight excluding hydrogens is 326 g/mol. The molecule has 1 unspecified atom stereocenters. The van der Waals surface area contributed by atoms with Gasteiger partial charge in [-0.2, -0.15) is 5.10 Å². The van der Waals surface area contributed by atoms with Crippen LogP contribution in [0.25, 0.3) is 0 Å². The fourth-order valence-electron chi connectivity index (χ4n) is 3.07. The second-order valence-corrected chi connectivity index (χ2v) is 6.86. The van der Waals surface area contributed by atoms with Gasteiger partial charge >= 0.3 is 0 Å². The monoisotopic (exact) mass is 349 g/mol. The highest BCUT2D eigenvalue weighted by Gasteiger charge is 2.35. The number of amides is 1. The zero-order valence-electron chi connectivity index (χ0n) is 14.1. The molecular formula is C17H24ClN5O. The minimum atomic E-state index is -0.0608. The molecule has 0 saturated carbocycles. The number of carbonyl (C=O) groups is 1. The predicted octanol–water partition coefficient (Wildman–Crippen LogP) is 1.95. The molecule has 1 amide bonds. The Morgan fingerprint density at radius 1 is 1.38 bits per heavy atom. The molecule has 130 valence electrons. The van der Waals surface area contributed by atoms with Crippen LogP contribution in [-0.4, -0.2) is 44.7 Å². The molecule has 0 radical (unpaired) electrons. The Hall–Kier alpha value is -1.92. The zero-order chi connectivity index (χ0) is 16.4. The van der Waals surface area contributed by atoms with Crippen LogP contribution in [-0.2, 0) is 6.54 Å². The van der Waals surface area contributed by atoms with Crippen molar-refractivity contribution >= 4 is 18.3 Å². The van der Waals surface area contributed by atoms with Crippen molar-refractivity contribution in [3.8, 4) is 0 Å². The van der Waals surface area contributed by atoms with Crippen LogP contribution in [0.15, 0.2) is 36.9 Å². The summed E-state index contributed by atoms with van der Waals surface area (Å²) < 4.78 is 1.72. The van der Waals surface area contributed by atoms with Crippen LogP contribution in [0.3, 0.4) is 0 Å². The summed E-state index contributed by atoms with van der Waals surface area (Å²) >= 11 is 0. The SMILES string of the molecule is CC1(C)CN(C(=O)c2ccccc2Cn2cncn2)CCC1N.Cl. The first-order valence-corrected chi connectivity index (χ1v) is 7.92. The minimum absolute atomic E-state index is 0. The van der Waals surface area contributed by atoms with E-state index < -0.39 is 0 Å². The molecule has 0 spiro atoms. The quantitative estimate of drug-likeness (QED) is 0.918. The van der Waals surface area contributed by atoms with Gasteiger partial charge in [0.25, 0.3) is 5.91 Å². The molecule has 2 heterocycles. The molecule has 1 aliphatic rings. The van der Waals surface area contributed by atoms with E-state index in [1.807, 2.05) is 29.2 Å². The molecule has 1 aromatic carbocycles. The summed E-state index contributed by atoms with van der Waals surface area (Å²) in [6.45, 7) is 6.18. The van der Waals surface area contributed by atoms with Gasteiger partial charge in [-0.1, -0.05) is 32.0 Å². The van der Waals surface area contributed by atoms with Crippen molar-refractivity contribution in [3.63, 3.8) is 0 Å². The molecule has 1 aromatic heterocycles. The number of hydrogen-bond donors (Lipinski definition) is 1. The maximum atomic E-state index is 13.0. The van der Waals surface area contributed by atoms with Crippen LogP contribution < -0.4 is 5.73 Å². The second kappa shape index (κ2) is 7.32. The van der Waals surface area contributed by atoms with Gasteiger partial charge in [0.2, 0.25) is 0 Å². The average Bonchev–Trinajstić information content (AvgIpc) is 3.03. The number of rotatable bonds is 3. The van der Waals surface area contributed by atoms with E-state index in [1.54, 1.807) is 11.0 Å². The van der Waals surface area contributed by atoms with Crippen LogP contribution in [0.4, 0.5) is 0 Å². The van der Waals surface area contributed by atoms with Gasteiger partial charge in [0, 0.05) is 24.7 Å². The predicted molar refractivity (Wildman–Crippen MR) is 95.1 cm³/mol. The summed E-state index contributed by atoms with van der Waals surface area (Å²) in [5.74, 6) is 0.0701. The highest BCUT2D eigenvalue weighted by molar-refractivity contribution is 5.95. The third-order valence-electron chi connectivity index (χ3n) is 4.65. The van der Waals surface area contributed by atoms with E-state index in [-0.39, 0.29) is 29.8 Å². The van der Waals surface area contributed by atoms with Gasteiger partial charge in [0.05, 0.1) is 6.54 Å². The van der Waals surface area contributed by atoms with E-state index in [2.05, 4.69) is 23.9 Å². The number of benzene rings is 1. The number of likely N-dealkylation sites (tertiary alicyclic amines) is 1. The van der Waals surface area contributed by atoms with Crippen molar-refractivity contribution in [1.82, 2.24) is 19.7 Å². The first-order valence-electron chi connectivity index (χ1n) is 7.92. The number of hydrogen-bond acceptors (Lipinski definition) is 4. The lowest BCUT2D eigenvalue weighted by molar-refractivity contribution is 0.0532. The lowest BCUT2D eigenvalue weighted by atomic mass is 9.79. The van der Waals surface area contributed by atoms with Crippen molar-refractivity contribution in [2.24, 2.45) is 11.1 Å². The van der Waals surface area contributed by atoms with Gasteiger partial charge in [0.1, 0.15) is 12.7 Å². The number of nitrogens with zero attached hydrogens (tertiary/aromatic N) is 4. The Morgan fingerprint density at radius 2 is 2.12 bits per heavy atom. The van der Waals surface area contributed by atoms with E-state index in [4.69, 9.17) is 5.73 Å². The summed E-state index contributed by atoms with van der Waals surface area (Å²) in [5, 5.41) is 4.12. The smallest absolute Gasteiger partial charge is 0.254 e. The van der Waals surface area contributed by atoms with Gasteiger partial charge in [0.15, 0.2) is 0 Å². The highest BCUT2D eigenvalue weighted by atomic mass is 35.5. The Bertz CT molecular complexity index is 686. The molecule has 0 bridgehead atoms. The van der Waals surface area contributed by atoms with Gasteiger partial charge < -0.3 is 10.6 Å². The van der Waals surface area contributed by atoms with E-state index in [0.29, 0.717) is 19.6 Å². The molecule has 1 atom stereocenters. The number of carbonyl (C=O) groups excluding carboxylic acids is 1. The number of piperidine rings is 1. The lowest BCUT2D eigenvalue weighted by Gasteiger charge is -2.42. The standard InChI is InChI=1S/C17H23N5O.ClH/c1-17(2)10-21(8-7-15(17)18)16(23)14-6-4-3-5-13(14)9-22-12-19-11-20-22;/h3-6,11-12,15H,7-10,18H2,1-2H3;1H. The Kier molecular flexibility index (Phi) is 5.62. The van der Waals surface area contributed by atoms with E-state index >= 15 is 0 Å². The van der Waals surface area contributed by atoms with Crippen LogP contribution in [0.2, 0.25) is 0 Å². The first kappa shape index (κ1) is 18.4. The maximum absolute atomic E-state index is 13.0. The summed E-state index contributed by atoms with van der Waals surface area (Å²) in [4.78, 5) is 18.9.